The summed E-state index contributed by atoms with van der Waals surface area (Å²) in [5.41, 5.74) is 0.745. The molecule has 9 heteroatoms. The van der Waals surface area contributed by atoms with Crippen molar-refractivity contribution in [2.45, 2.75) is 6.42 Å². The molecule has 0 saturated carbocycles. The molecule has 0 saturated heterocycles. The Bertz CT molecular complexity index is 976. The highest BCUT2D eigenvalue weighted by Gasteiger charge is 2.35. The van der Waals surface area contributed by atoms with Gasteiger partial charge < -0.3 is 20.1 Å². The van der Waals surface area contributed by atoms with Crippen LogP contribution in [0.1, 0.15) is 37.5 Å². The molecule has 0 unspecified atom stereocenters. The van der Waals surface area contributed by atoms with Crippen LogP contribution in [-0.2, 0) is 4.74 Å². The van der Waals surface area contributed by atoms with Crippen molar-refractivity contribution in [3.05, 3.63) is 65.2 Å². The maximum atomic E-state index is 12.5. The molecule has 2 aromatic carbocycles. The summed E-state index contributed by atoms with van der Waals surface area (Å²) in [6.07, 6.45) is -0.0923. The van der Waals surface area contributed by atoms with Gasteiger partial charge >= 0.3 is 6.09 Å². The van der Waals surface area contributed by atoms with Crippen LogP contribution in [0.5, 0.6) is 5.75 Å². The maximum absolute atomic E-state index is 12.5. The minimum Gasteiger partial charge on any atom is -0.410 e. The molecule has 162 valence electrons. The zero-order valence-electron chi connectivity index (χ0n) is 17.1. The Morgan fingerprint density at radius 3 is 2.39 bits per heavy atom. The van der Waals surface area contributed by atoms with Crippen molar-refractivity contribution >= 4 is 23.8 Å². The van der Waals surface area contributed by atoms with E-state index in [0.29, 0.717) is 18.8 Å². The Labute approximate surface area is 179 Å². The van der Waals surface area contributed by atoms with Crippen LogP contribution in [0.3, 0.4) is 0 Å². The number of para-hydroxylation sites is 1. The van der Waals surface area contributed by atoms with Gasteiger partial charge in [-0.15, -0.1) is 0 Å². The highest BCUT2D eigenvalue weighted by molar-refractivity contribution is 6.22. The van der Waals surface area contributed by atoms with Crippen LogP contribution < -0.4 is 15.4 Å². The standard InChI is InChI=1S/C22H23N3O6/c1-30-13-5-12-25-20(27)17-9-8-15(14-18(17)21(25)28)19(26)23-10-11-24-22(29)31-16-6-3-2-4-7-16/h2-4,6-9,14H,5,10-13H2,1H3,(H,23,26)(H,24,29). The van der Waals surface area contributed by atoms with E-state index in [1.165, 1.54) is 18.2 Å². The third kappa shape index (κ3) is 5.46. The largest absolute Gasteiger partial charge is 0.412 e. The van der Waals surface area contributed by atoms with Crippen molar-refractivity contribution in [2.24, 2.45) is 0 Å². The monoisotopic (exact) mass is 425 g/mol. The summed E-state index contributed by atoms with van der Waals surface area (Å²) in [4.78, 5) is 50.2. The molecule has 0 bridgehead atoms. The summed E-state index contributed by atoms with van der Waals surface area (Å²) in [6.45, 7) is 1.02. The first-order valence-electron chi connectivity index (χ1n) is 9.79. The Morgan fingerprint density at radius 2 is 1.65 bits per heavy atom. The molecule has 9 nitrogen and oxygen atoms in total. The van der Waals surface area contributed by atoms with Gasteiger partial charge in [0.2, 0.25) is 0 Å². The van der Waals surface area contributed by atoms with E-state index in [0.717, 1.165) is 4.90 Å². The highest BCUT2D eigenvalue weighted by Crippen LogP contribution is 2.24. The summed E-state index contributed by atoms with van der Waals surface area (Å²) in [6, 6.07) is 13.0. The fraction of sp³-hybridized carbons (Fsp3) is 0.273. The second kappa shape index (κ2) is 10.4. The zero-order chi connectivity index (χ0) is 22.2. The molecule has 31 heavy (non-hydrogen) atoms. The predicted octanol–water partition coefficient (Wildman–Crippen LogP) is 1.84. The van der Waals surface area contributed by atoms with Crippen molar-refractivity contribution in [3.8, 4) is 5.75 Å². The van der Waals surface area contributed by atoms with Crippen molar-refractivity contribution in [1.29, 1.82) is 0 Å². The molecule has 4 amide bonds. The van der Waals surface area contributed by atoms with Crippen molar-refractivity contribution in [2.75, 3.05) is 33.4 Å². The molecular formula is C22H23N3O6. The van der Waals surface area contributed by atoms with Gasteiger partial charge in [0.1, 0.15) is 5.75 Å². The number of hydrogen-bond acceptors (Lipinski definition) is 6. The molecule has 3 rings (SSSR count). The molecule has 2 N–H and O–H groups in total. The summed E-state index contributed by atoms with van der Waals surface area (Å²) in [5, 5.41) is 5.18. The van der Waals surface area contributed by atoms with Gasteiger partial charge in [0.15, 0.2) is 0 Å². The van der Waals surface area contributed by atoms with Crippen LogP contribution in [0.2, 0.25) is 0 Å². The molecule has 1 aliphatic heterocycles. The van der Waals surface area contributed by atoms with Crippen LogP contribution in [0, 0.1) is 0 Å². The smallest absolute Gasteiger partial charge is 0.410 e. The van der Waals surface area contributed by atoms with E-state index < -0.39 is 17.9 Å². The Balaban J connectivity index is 1.49. The number of fused-ring (bicyclic) bond motifs is 1. The number of nitrogens with one attached hydrogen (secondary N) is 2. The molecule has 0 spiro atoms. The predicted molar refractivity (Wildman–Crippen MR) is 111 cm³/mol. The maximum Gasteiger partial charge on any atom is 0.412 e. The van der Waals surface area contributed by atoms with Gasteiger partial charge in [-0.25, -0.2) is 4.79 Å². The van der Waals surface area contributed by atoms with E-state index >= 15 is 0 Å². The quantitative estimate of drug-likeness (QED) is 0.468. The summed E-state index contributed by atoms with van der Waals surface area (Å²) in [5.74, 6) is -0.794. The van der Waals surface area contributed by atoms with Gasteiger partial charge in [0, 0.05) is 38.9 Å². The molecular weight excluding hydrogens is 402 g/mol. The van der Waals surface area contributed by atoms with Crippen LogP contribution in [0.4, 0.5) is 4.79 Å². The first-order chi connectivity index (χ1) is 15.0. The molecule has 2 aromatic rings. The number of nitrogens with zero attached hydrogens (tertiary/aromatic N) is 1. The molecule has 0 radical (unpaired) electrons. The fourth-order valence-corrected chi connectivity index (χ4v) is 3.08. The topological polar surface area (TPSA) is 114 Å². The average molecular weight is 425 g/mol. The lowest BCUT2D eigenvalue weighted by atomic mass is 10.1. The van der Waals surface area contributed by atoms with E-state index in [1.54, 1.807) is 31.4 Å². The molecule has 0 aromatic heterocycles. The van der Waals surface area contributed by atoms with Crippen LogP contribution in [0.25, 0.3) is 0 Å². The molecule has 0 aliphatic carbocycles. The second-order valence-electron chi connectivity index (χ2n) is 6.75. The Hall–Kier alpha value is -3.72. The Kier molecular flexibility index (Phi) is 7.34. The molecule has 0 fully saturated rings. The van der Waals surface area contributed by atoms with Crippen molar-refractivity contribution in [3.63, 3.8) is 0 Å². The summed E-state index contributed by atoms with van der Waals surface area (Å²) >= 11 is 0. The number of imide groups is 1. The van der Waals surface area contributed by atoms with Gasteiger partial charge in [0.25, 0.3) is 17.7 Å². The normalized spacial score (nSPS) is 12.5. The number of hydrogen-bond donors (Lipinski definition) is 2. The summed E-state index contributed by atoms with van der Waals surface area (Å²) < 4.78 is 10.0. The van der Waals surface area contributed by atoms with Gasteiger partial charge in [-0.1, -0.05) is 18.2 Å². The van der Waals surface area contributed by atoms with Crippen molar-refractivity contribution in [1.82, 2.24) is 15.5 Å². The lowest BCUT2D eigenvalue weighted by Crippen LogP contribution is -2.36. The molecule has 1 aliphatic rings. The van der Waals surface area contributed by atoms with Gasteiger partial charge in [-0.05, 0) is 36.8 Å². The number of ether oxygens (including phenoxy) is 2. The minimum atomic E-state index is -0.629. The van der Waals surface area contributed by atoms with Gasteiger partial charge in [-0.3, -0.25) is 19.3 Å². The van der Waals surface area contributed by atoms with Crippen molar-refractivity contribution < 1.29 is 28.7 Å². The van der Waals surface area contributed by atoms with E-state index in [1.807, 2.05) is 6.07 Å². The first kappa shape index (κ1) is 22.0. The SMILES string of the molecule is COCCCN1C(=O)c2ccc(C(=O)NCCNC(=O)Oc3ccccc3)cc2C1=O. The number of benzene rings is 2. The lowest BCUT2D eigenvalue weighted by Gasteiger charge is -2.12. The van der Waals surface area contributed by atoms with E-state index in [9.17, 15) is 19.2 Å². The van der Waals surface area contributed by atoms with Gasteiger partial charge in [-0.2, -0.15) is 0 Å². The summed E-state index contributed by atoms with van der Waals surface area (Å²) in [7, 11) is 1.55. The van der Waals surface area contributed by atoms with E-state index in [-0.39, 0.29) is 42.2 Å². The third-order valence-corrected chi connectivity index (χ3v) is 4.60. The zero-order valence-corrected chi connectivity index (χ0v) is 17.1. The van der Waals surface area contributed by atoms with E-state index in [2.05, 4.69) is 10.6 Å². The van der Waals surface area contributed by atoms with Crippen LogP contribution in [0.15, 0.2) is 48.5 Å². The Morgan fingerprint density at radius 1 is 0.935 bits per heavy atom. The van der Waals surface area contributed by atoms with Gasteiger partial charge in [0.05, 0.1) is 11.1 Å². The fourth-order valence-electron chi connectivity index (χ4n) is 3.08. The second-order valence-corrected chi connectivity index (χ2v) is 6.75. The first-order valence-corrected chi connectivity index (χ1v) is 9.79. The van der Waals surface area contributed by atoms with Crippen LogP contribution in [-0.4, -0.2) is 62.1 Å². The molecule has 0 atom stereocenters. The number of methoxy groups -OCH3 is 1. The van der Waals surface area contributed by atoms with Crippen LogP contribution >= 0.6 is 0 Å². The highest BCUT2D eigenvalue weighted by atomic mass is 16.6. The molecule has 1 heterocycles. The third-order valence-electron chi connectivity index (χ3n) is 4.60. The lowest BCUT2D eigenvalue weighted by molar-refractivity contribution is 0.0638. The van der Waals surface area contributed by atoms with E-state index in [4.69, 9.17) is 9.47 Å². The minimum absolute atomic E-state index is 0.160. The number of carbonyl (C=O) groups excluding carboxylic acids is 4. The number of carbonyl (C=O) groups is 4. The average Bonchev–Trinajstić information content (AvgIpc) is 3.01. The number of amides is 4. The number of rotatable bonds is 9.